The average molecular weight is 284 g/mol. The summed E-state index contributed by atoms with van der Waals surface area (Å²) < 4.78 is 28.3. The Morgan fingerprint density at radius 1 is 0.895 bits per heavy atom. The van der Waals surface area contributed by atoms with Crippen LogP contribution in [0.1, 0.15) is 17.2 Å². The molecule has 0 heterocycles. The quantitative estimate of drug-likeness (QED) is 0.921. The molecule has 2 aromatic rings. The SMILES string of the molecule is N[C@@H](c1ccc(Cl)cc1)c1ccc(OC(F)F)cc1. The summed E-state index contributed by atoms with van der Waals surface area (Å²) in [6, 6.07) is 13.1. The van der Waals surface area contributed by atoms with Gasteiger partial charge in [0.25, 0.3) is 0 Å². The fourth-order valence-corrected chi connectivity index (χ4v) is 1.85. The third-order valence-electron chi connectivity index (χ3n) is 2.69. The van der Waals surface area contributed by atoms with E-state index >= 15 is 0 Å². The standard InChI is InChI=1S/C14H12ClF2NO/c15-11-5-1-9(2-6-11)13(18)10-3-7-12(8-4-10)19-14(16)17/h1-8,13-14H,18H2/t13-/m0/s1. The largest absolute Gasteiger partial charge is 0.435 e. The van der Waals surface area contributed by atoms with Gasteiger partial charge in [-0.2, -0.15) is 8.78 Å². The molecular formula is C14H12ClF2NO. The first-order chi connectivity index (χ1) is 9.06. The van der Waals surface area contributed by atoms with E-state index in [0.29, 0.717) is 5.02 Å². The first-order valence-electron chi connectivity index (χ1n) is 5.62. The Hall–Kier alpha value is -1.65. The molecule has 2 aromatic carbocycles. The summed E-state index contributed by atoms with van der Waals surface area (Å²) in [5.41, 5.74) is 7.79. The van der Waals surface area contributed by atoms with Crippen LogP contribution in [0.3, 0.4) is 0 Å². The molecule has 0 radical (unpaired) electrons. The molecule has 0 bridgehead atoms. The monoisotopic (exact) mass is 283 g/mol. The van der Waals surface area contributed by atoms with E-state index in [1.165, 1.54) is 12.1 Å². The molecule has 0 aliphatic rings. The van der Waals surface area contributed by atoms with Crippen LogP contribution in [0.15, 0.2) is 48.5 Å². The summed E-state index contributed by atoms with van der Waals surface area (Å²) >= 11 is 5.80. The molecule has 0 aliphatic carbocycles. The zero-order valence-electron chi connectivity index (χ0n) is 9.89. The van der Waals surface area contributed by atoms with Crippen molar-refractivity contribution in [1.29, 1.82) is 0 Å². The highest BCUT2D eigenvalue weighted by Gasteiger charge is 2.10. The summed E-state index contributed by atoms with van der Waals surface area (Å²) in [4.78, 5) is 0. The van der Waals surface area contributed by atoms with E-state index in [-0.39, 0.29) is 11.8 Å². The van der Waals surface area contributed by atoms with Crippen molar-refractivity contribution in [2.24, 2.45) is 5.73 Å². The molecule has 2 rings (SSSR count). The molecule has 0 saturated heterocycles. The van der Waals surface area contributed by atoms with Crippen LogP contribution < -0.4 is 10.5 Å². The minimum Gasteiger partial charge on any atom is -0.435 e. The van der Waals surface area contributed by atoms with Crippen molar-refractivity contribution < 1.29 is 13.5 Å². The Bertz CT molecular complexity index is 528. The van der Waals surface area contributed by atoms with Gasteiger partial charge in [0.1, 0.15) is 5.75 Å². The minimum atomic E-state index is -2.82. The van der Waals surface area contributed by atoms with Gasteiger partial charge in [-0.1, -0.05) is 35.9 Å². The van der Waals surface area contributed by atoms with Crippen LogP contribution in [0.25, 0.3) is 0 Å². The third kappa shape index (κ3) is 3.66. The van der Waals surface area contributed by atoms with E-state index in [0.717, 1.165) is 11.1 Å². The summed E-state index contributed by atoms with van der Waals surface area (Å²) in [5.74, 6) is 0.113. The first-order valence-corrected chi connectivity index (χ1v) is 6.00. The van der Waals surface area contributed by atoms with Crippen LogP contribution in [0.4, 0.5) is 8.78 Å². The van der Waals surface area contributed by atoms with Crippen molar-refractivity contribution in [3.05, 3.63) is 64.7 Å². The number of rotatable bonds is 4. The van der Waals surface area contributed by atoms with Crippen LogP contribution in [0.5, 0.6) is 5.75 Å². The van der Waals surface area contributed by atoms with Crippen molar-refractivity contribution in [3.8, 4) is 5.75 Å². The molecule has 0 spiro atoms. The van der Waals surface area contributed by atoms with Gasteiger partial charge < -0.3 is 10.5 Å². The molecule has 0 unspecified atom stereocenters. The topological polar surface area (TPSA) is 35.2 Å². The second-order valence-corrected chi connectivity index (χ2v) is 4.41. The minimum absolute atomic E-state index is 0.113. The molecular weight excluding hydrogens is 272 g/mol. The zero-order valence-corrected chi connectivity index (χ0v) is 10.6. The molecule has 100 valence electrons. The smallest absolute Gasteiger partial charge is 0.387 e. The van der Waals surface area contributed by atoms with E-state index < -0.39 is 6.61 Å². The van der Waals surface area contributed by atoms with Crippen LogP contribution in [0.2, 0.25) is 5.02 Å². The molecule has 2 N–H and O–H groups in total. The lowest BCUT2D eigenvalue weighted by atomic mass is 10.00. The number of hydrogen-bond acceptors (Lipinski definition) is 2. The maximum atomic E-state index is 12.0. The van der Waals surface area contributed by atoms with E-state index in [1.54, 1.807) is 24.3 Å². The fraction of sp³-hybridized carbons (Fsp3) is 0.143. The molecule has 5 heteroatoms. The lowest BCUT2D eigenvalue weighted by molar-refractivity contribution is -0.0498. The number of halogens is 3. The number of ether oxygens (including phenoxy) is 1. The van der Waals surface area contributed by atoms with E-state index in [2.05, 4.69) is 4.74 Å². The van der Waals surface area contributed by atoms with Crippen molar-refractivity contribution >= 4 is 11.6 Å². The fourth-order valence-electron chi connectivity index (χ4n) is 1.72. The number of alkyl halides is 2. The Morgan fingerprint density at radius 2 is 1.37 bits per heavy atom. The number of nitrogens with two attached hydrogens (primary N) is 1. The van der Waals surface area contributed by atoms with Crippen molar-refractivity contribution in [3.63, 3.8) is 0 Å². The predicted octanol–water partition coefficient (Wildman–Crippen LogP) is 3.99. The van der Waals surface area contributed by atoms with Crippen LogP contribution in [0, 0.1) is 0 Å². The molecule has 0 saturated carbocycles. The van der Waals surface area contributed by atoms with Gasteiger partial charge in [0.15, 0.2) is 0 Å². The highest BCUT2D eigenvalue weighted by Crippen LogP contribution is 2.23. The predicted molar refractivity (Wildman–Crippen MR) is 70.6 cm³/mol. The molecule has 2 nitrogen and oxygen atoms in total. The maximum Gasteiger partial charge on any atom is 0.387 e. The van der Waals surface area contributed by atoms with E-state index in [4.69, 9.17) is 17.3 Å². The third-order valence-corrected chi connectivity index (χ3v) is 2.95. The molecule has 0 fully saturated rings. The van der Waals surface area contributed by atoms with Gasteiger partial charge in [0.2, 0.25) is 0 Å². The zero-order chi connectivity index (χ0) is 13.8. The normalized spacial score (nSPS) is 12.5. The van der Waals surface area contributed by atoms with Gasteiger partial charge in [-0.15, -0.1) is 0 Å². The molecule has 19 heavy (non-hydrogen) atoms. The average Bonchev–Trinajstić information content (AvgIpc) is 2.39. The van der Waals surface area contributed by atoms with E-state index in [9.17, 15) is 8.78 Å². The highest BCUT2D eigenvalue weighted by atomic mass is 35.5. The first kappa shape index (κ1) is 13.8. The van der Waals surface area contributed by atoms with E-state index in [1.807, 2.05) is 12.1 Å². The van der Waals surface area contributed by atoms with Crippen LogP contribution in [-0.4, -0.2) is 6.61 Å². The molecule has 1 atom stereocenters. The highest BCUT2D eigenvalue weighted by molar-refractivity contribution is 6.30. The summed E-state index contributed by atoms with van der Waals surface area (Å²) in [6.45, 7) is -2.82. The second kappa shape index (κ2) is 5.99. The number of benzene rings is 2. The second-order valence-electron chi connectivity index (χ2n) is 3.98. The van der Waals surface area contributed by atoms with Gasteiger partial charge in [-0.3, -0.25) is 0 Å². The summed E-state index contributed by atoms with van der Waals surface area (Å²) in [7, 11) is 0. The Kier molecular flexibility index (Phi) is 4.35. The van der Waals surface area contributed by atoms with Crippen molar-refractivity contribution in [2.45, 2.75) is 12.7 Å². The Balaban J connectivity index is 2.15. The molecule has 0 aliphatic heterocycles. The molecule has 0 aromatic heterocycles. The van der Waals surface area contributed by atoms with Gasteiger partial charge in [0, 0.05) is 5.02 Å². The summed E-state index contributed by atoms with van der Waals surface area (Å²) in [6.07, 6.45) is 0. The van der Waals surface area contributed by atoms with Crippen molar-refractivity contribution in [2.75, 3.05) is 0 Å². The Morgan fingerprint density at radius 3 is 1.84 bits per heavy atom. The number of hydrogen-bond donors (Lipinski definition) is 1. The Labute approximate surface area is 114 Å². The molecule has 0 amide bonds. The van der Waals surface area contributed by atoms with Gasteiger partial charge in [-0.05, 0) is 35.4 Å². The lowest BCUT2D eigenvalue weighted by Gasteiger charge is -2.13. The lowest BCUT2D eigenvalue weighted by Crippen LogP contribution is -2.11. The van der Waals surface area contributed by atoms with Crippen LogP contribution in [-0.2, 0) is 0 Å². The van der Waals surface area contributed by atoms with Gasteiger partial charge in [0.05, 0.1) is 6.04 Å². The maximum absolute atomic E-state index is 12.0. The van der Waals surface area contributed by atoms with Gasteiger partial charge in [-0.25, -0.2) is 0 Å². The van der Waals surface area contributed by atoms with Crippen LogP contribution >= 0.6 is 11.6 Å². The van der Waals surface area contributed by atoms with Crippen molar-refractivity contribution in [1.82, 2.24) is 0 Å². The van der Waals surface area contributed by atoms with Gasteiger partial charge >= 0.3 is 6.61 Å². The summed E-state index contributed by atoms with van der Waals surface area (Å²) in [5, 5.41) is 0.636.